The zero-order valence-corrected chi connectivity index (χ0v) is 18.9. The Morgan fingerprint density at radius 1 is 1.09 bits per heavy atom. The van der Waals surface area contributed by atoms with Crippen LogP contribution < -0.4 is 14.4 Å². The summed E-state index contributed by atoms with van der Waals surface area (Å²) in [6.07, 6.45) is 1.83. The van der Waals surface area contributed by atoms with E-state index >= 15 is 0 Å². The molecule has 0 spiro atoms. The molecule has 5 rings (SSSR count). The van der Waals surface area contributed by atoms with E-state index in [1.807, 2.05) is 24.4 Å². The summed E-state index contributed by atoms with van der Waals surface area (Å²) < 4.78 is 17.8. The molecule has 0 bridgehead atoms. The van der Waals surface area contributed by atoms with Gasteiger partial charge in [0, 0.05) is 44.0 Å². The average molecular weight is 450 g/mol. The molecule has 2 aliphatic rings. The van der Waals surface area contributed by atoms with E-state index in [9.17, 15) is 4.79 Å². The number of amides is 1. The molecule has 0 aliphatic carbocycles. The van der Waals surface area contributed by atoms with Crippen LogP contribution in [0, 0.1) is 0 Å². The molecule has 3 aromatic rings. The third-order valence-electron chi connectivity index (χ3n) is 6.01. The number of aryl methyl sites for hydroxylation is 1. The van der Waals surface area contributed by atoms with Gasteiger partial charge in [0.15, 0.2) is 0 Å². The number of ether oxygens (including phenoxy) is 3. The monoisotopic (exact) mass is 450 g/mol. The molecule has 33 heavy (non-hydrogen) atoms. The summed E-state index contributed by atoms with van der Waals surface area (Å²) in [7, 11) is 4.98. The number of hydrogen-bond donors (Lipinski definition) is 0. The van der Waals surface area contributed by atoms with Crippen LogP contribution in [0.25, 0.3) is 11.3 Å². The minimum atomic E-state index is -0.107. The summed E-state index contributed by atoms with van der Waals surface area (Å²) in [5, 5.41) is 4.57. The molecule has 1 fully saturated rings. The molecule has 2 aliphatic heterocycles. The Labute approximate surface area is 191 Å². The predicted octanol–water partition coefficient (Wildman–Crippen LogP) is 1.89. The number of carbonyl (C=O) groups is 1. The number of nitrogens with zero attached hydrogens (tertiary/aromatic N) is 6. The Morgan fingerprint density at radius 2 is 1.91 bits per heavy atom. The van der Waals surface area contributed by atoms with Gasteiger partial charge in [-0.05, 0) is 24.3 Å². The maximum absolute atomic E-state index is 13.4. The van der Waals surface area contributed by atoms with Gasteiger partial charge < -0.3 is 24.0 Å². The molecule has 172 valence electrons. The second-order valence-corrected chi connectivity index (χ2v) is 8.01. The molecule has 1 amide bonds. The van der Waals surface area contributed by atoms with E-state index in [1.165, 1.54) is 0 Å². The van der Waals surface area contributed by atoms with Crippen molar-refractivity contribution in [3.8, 4) is 22.8 Å². The molecule has 0 saturated carbocycles. The molecule has 4 heterocycles. The molecule has 10 heteroatoms. The van der Waals surface area contributed by atoms with Crippen LogP contribution in [0.3, 0.4) is 0 Å². The van der Waals surface area contributed by atoms with Crippen molar-refractivity contribution in [2.24, 2.45) is 7.05 Å². The van der Waals surface area contributed by atoms with E-state index in [0.717, 1.165) is 29.9 Å². The van der Waals surface area contributed by atoms with Crippen LogP contribution in [0.5, 0.6) is 11.5 Å². The summed E-state index contributed by atoms with van der Waals surface area (Å²) in [6.45, 7) is 3.80. The zero-order valence-electron chi connectivity index (χ0n) is 18.9. The number of benzene rings is 1. The predicted molar refractivity (Wildman–Crippen MR) is 120 cm³/mol. The quantitative estimate of drug-likeness (QED) is 0.582. The normalized spacial score (nSPS) is 15.5. The number of fused-ring (bicyclic) bond motifs is 1. The maximum atomic E-state index is 13.4. The number of hydrogen-bond acceptors (Lipinski definition) is 8. The summed E-state index contributed by atoms with van der Waals surface area (Å²) in [5.41, 5.74) is 3.75. The lowest BCUT2D eigenvalue weighted by molar-refractivity contribution is 0.0739. The van der Waals surface area contributed by atoms with Crippen molar-refractivity contribution in [1.82, 2.24) is 24.6 Å². The van der Waals surface area contributed by atoms with Gasteiger partial charge in [-0.15, -0.1) is 0 Å². The SMILES string of the molecule is COc1ccc(OC)c(-c2cc(C(=O)N3Cc4cnc(N5CCOCC5)nc4C3)n(C)n2)c1. The molecule has 10 nitrogen and oxygen atoms in total. The molecule has 1 saturated heterocycles. The molecular weight excluding hydrogens is 424 g/mol. The van der Waals surface area contributed by atoms with Crippen molar-refractivity contribution in [3.63, 3.8) is 0 Å². The number of rotatable bonds is 5. The number of methoxy groups -OCH3 is 2. The molecule has 0 unspecified atom stereocenters. The molecular formula is C23H26N6O4. The standard InChI is InChI=1S/C23H26N6O4/c1-27-20(11-18(26-27)17-10-16(31-2)4-5-21(17)32-3)22(30)29-13-15-12-24-23(25-19(15)14-29)28-6-8-33-9-7-28/h4-5,10-12H,6-9,13-14H2,1-3H3. The Bertz CT molecular complexity index is 1190. The summed E-state index contributed by atoms with van der Waals surface area (Å²) in [5.74, 6) is 1.93. The Hall–Kier alpha value is -3.66. The first-order chi connectivity index (χ1) is 16.1. The number of anilines is 1. The molecule has 1 aromatic carbocycles. The average Bonchev–Trinajstić information content (AvgIpc) is 3.46. The highest BCUT2D eigenvalue weighted by Gasteiger charge is 2.29. The van der Waals surface area contributed by atoms with Crippen LogP contribution in [0.15, 0.2) is 30.5 Å². The van der Waals surface area contributed by atoms with Gasteiger partial charge in [-0.1, -0.05) is 0 Å². The van der Waals surface area contributed by atoms with E-state index < -0.39 is 0 Å². The lowest BCUT2D eigenvalue weighted by atomic mass is 10.1. The fraction of sp³-hybridized carbons (Fsp3) is 0.391. The first-order valence-electron chi connectivity index (χ1n) is 10.8. The van der Waals surface area contributed by atoms with Crippen molar-refractivity contribution >= 4 is 11.9 Å². The second kappa shape index (κ2) is 8.70. The van der Waals surface area contributed by atoms with Crippen molar-refractivity contribution in [3.05, 3.63) is 47.4 Å². The lowest BCUT2D eigenvalue weighted by Gasteiger charge is -2.26. The lowest BCUT2D eigenvalue weighted by Crippen LogP contribution is -2.37. The van der Waals surface area contributed by atoms with Crippen LogP contribution in [0.1, 0.15) is 21.7 Å². The minimum absolute atomic E-state index is 0.107. The fourth-order valence-electron chi connectivity index (χ4n) is 4.18. The van der Waals surface area contributed by atoms with E-state index in [2.05, 4.69) is 15.0 Å². The van der Waals surface area contributed by atoms with E-state index in [4.69, 9.17) is 19.2 Å². The highest BCUT2D eigenvalue weighted by molar-refractivity contribution is 5.94. The smallest absolute Gasteiger partial charge is 0.272 e. The number of carbonyl (C=O) groups excluding carboxylic acids is 1. The topological polar surface area (TPSA) is 94.8 Å². The third kappa shape index (κ3) is 3.97. The molecule has 0 N–H and O–H groups in total. The van der Waals surface area contributed by atoms with Crippen LogP contribution in [-0.4, -0.2) is 71.1 Å². The molecule has 0 radical (unpaired) electrons. The summed E-state index contributed by atoms with van der Waals surface area (Å²) in [6, 6.07) is 7.29. The molecule has 0 atom stereocenters. The zero-order chi connectivity index (χ0) is 22.9. The highest BCUT2D eigenvalue weighted by Crippen LogP contribution is 2.33. The fourth-order valence-corrected chi connectivity index (χ4v) is 4.18. The van der Waals surface area contributed by atoms with Gasteiger partial charge in [-0.3, -0.25) is 9.48 Å². The third-order valence-corrected chi connectivity index (χ3v) is 6.01. The second-order valence-electron chi connectivity index (χ2n) is 8.01. The largest absolute Gasteiger partial charge is 0.497 e. The number of aromatic nitrogens is 4. The number of morpholine rings is 1. The van der Waals surface area contributed by atoms with Gasteiger partial charge in [0.05, 0.1) is 45.4 Å². The van der Waals surface area contributed by atoms with E-state index in [-0.39, 0.29) is 5.91 Å². The first kappa shape index (κ1) is 21.2. The van der Waals surface area contributed by atoms with Crippen molar-refractivity contribution in [2.45, 2.75) is 13.1 Å². The Balaban J connectivity index is 1.37. The minimum Gasteiger partial charge on any atom is -0.497 e. The van der Waals surface area contributed by atoms with E-state index in [0.29, 0.717) is 55.1 Å². The van der Waals surface area contributed by atoms with Gasteiger partial charge in [0.25, 0.3) is 5.91 Å². The highest BCUT2D eigenvalue weighted by atomic mass is 16.5. The van der Waals surface area contributed by atoms with Crippen LogP contribution in [0.4, 0.5) is 5.95 Å². The van der Waals surface area contributed by atoms with Gasteiger partial charge >= 0.3 is 0 Å². The van der Waals surface area contributed by atoms with Crippen molar-refractivity contribution < 1.29 is 19.0 Å². The first-order valence-corrected chi connectivity index (χ1v) is 10.8. The van der Waals surface area contributed by atoms with Crippen molar-refractivity contribution in [2.75, 3.05) is 45.4 Å². The van der Waals surface area contributed by atoms with Crippen LogP contribution in [-0.2, 0) is 24.9 Å². The summed E-state index contributed by atoms with van der Waals surface area (Å²) >= 11 is 0. The van der Waals surface area contributed by atoms with Gasteiger partial charge in [-0.25, -0.2) is 9.97 Å². The van der Waals surface area contributed by atoms with Gasteiger partial charge in [0.2, 0.25) is 5.95 Å². The van der Waals surface area contributed by atoms with E-state index in [1.54, 1.807) is 36.9 Å². The Morgan fingerprint density at radius 3 is 2.67 bits per heavy atom. The summed E-state index contributed by atoms with van der Waals surface area (Å²) in [4.78, 5) is 26.5. The molecule has 2 aromatic heterocycles. The van der Waals surface area contributed by atoms with Gasteiger partial charge in [0.1, 0.15) is 17.2 Å². The Kier molecular flexibility index (Phi) is 5.59. The van der Waals surface area contributed by atoms with Crippen molar-refractivity contribution in [1.29, 1.82) is 0 Å². The maximum Gasteiger partial charge on any atom is 0.272 e. The van der Waals surface area contributed by atoms with Crippen LogP contribution >= 0.6 is 0 Å². The van der Waals surface area contributed by atoms with Crippen LogP contribution in [0.2, 0.25) is 0 Å². The van der Waals surface area contributed by atoms with Gasteiger partial charge in [-0.2, -0.15) is 5.10 Å².